The topological polar surface area (TPSA) is 38.3 Å². The van der Waals surface area contributed by atoms with Gasteiger partial charge in [0.1, 0.15) is 5.75 Å². The number of carbonyl (C=O) groups excluding carboxylic acids is 1. The van der Waals surface area contributed by atoms with E-state index in [0.29, 0.717) is 6.42 Å². The zero-order chi connectivity index (χ0) is 18.1. The van der Waals surface area contributed by atoms with E-state index in [2.05, 4.69) is 55.6 Å². The molecule has 2 unspecified atom stereocenters. The second-order valence-corrected chi connectivity index (χ2v) is 6.96. The van der Waals surface area contributed by atoms with E-state index in [1.165, 1.54) is 5.56 Å². The Morgan fingerprint density at radius 1 is 1.08 bits per heavy atom. The summed E-state index contributed by atoms with van der Waals surface area (Å²) in [5.41, 5.74) is 3.27. The van der Waals surface area contributed by atoms with Crippen LogP contribution in [0.3, 0.4) is 0 Å². The first-order valence-corrected chi connectivity index (χ1v) is 9.24. The van der Waals surface area contributed by atoms with E-state index in [1.807, 2.05) is 24.3 Å². The maximum absolute atomic E-state index is 12.4. The van der Waals surface area contributed by atoms with E-state index in [4.69, 9.17) is 4.74 Å². The zero-order valence-corrected chi connectivity index (χ0v) is 15.2. The first-order chi connectivity index (χ1) is 12.7. The van der Waals surface area contributed by atoms with Crippen LogP contribution in [-0.4, -0.2) is 12.0 Å². The zero-order valence-electron chi connectivity index (χ0n) is 15.2. The molecule has 1 amide bonds. The monoisotopic (exact) mass is 345 g/mol. The Morgan fingerprint density at radius 2 is 1.85 bits per heavy atom. The minimum Gasteiger partial charge on any atom is -0.491 e. The number of benzene rings is 3. The van der Waals surface area contributed by atoms with E-state index < -0.39 is 0 Å². The number of rotatable bonds is 4. The average Bonchev–Trinajstić information content (AvgIpc) is 2.67. The molecular weight excluding hydrogens is 322 g/mol. The quantitative estimate of drug-likeness (QED) is 0.679. The third kappa shape index (κ3) is 3.05. The molecule has 3 nitrogen and oxygen atoms in total. The number of hydrogen-bond acceptors (Lipinski definition) is 2. The average molecular weight is 345 g/mol. The van der Waals surface area contributed by atoms with Gasteiger partial charge in [-0.25, -0.2) is 0 Å². The molecule has 26 heavy (non-hydrogen) atoms. The van der Waals surface area contributed by atoms with Gasteiger partial charge < -0.3 is 10.1 Å². The maximum atomic E-state index is 12.4. The maximum Gasteiger partial charge on any atom is 0.225 e. The molecule has 132 valence electrons. The first kappa shape index (κ1) is 16.6. The largest absolute Gasteiger partial charge is 0.491 e. The summed E-state index contributed by atoms with van der Waals surface area (Å²) in [5.74, 6) is 1.02. The van der Waals surface area contributed by atoms with Gasteiger partial charge in [-0.15, -0.1) is 0 Å². The van der Waals surface area contributed by atoms with E-state index in [1.54, 1.807) is 0 Å². The van der Waals surface area contributed by atoms with Gasteiger partial charge in [-0.3, -0.25) is 4.79 Å². The van der Waals surface area contributed by atoms with Crippen LogP contribution >= 0.6 is 0 Å². The van der Waals surface area contributed by atoms with Crippen molar-refractivity contribution in [2.24, 2.45) is 0 Å². The Hall–Kier alpha value is -2.81. The number of anilines is 1. The molecule has 1 aliphatic rings. The highest BCUT2D eigenvalue weighted by atomic mass is 16.5. The van der Waals surface area contributed by atoms with Crippen molar-refractivity contribution in [2.45, 2.75) is 38.7 Å². The third-order valence-corrected chi connectivity index (χ3v) is 5.19. The minimum atomic E-state index is 0.0683. The second-order valence-electron chi connectivity index (χ2n) is 6.96. The Morgan fingerprint density at radius 3 is 2.62 bits per heavy atom. The molecule has 1 aliphatic heterocycles. The third-order valence-electron chi connectivity index (χ3n) is 5.19. The molecule has 3 aromatic rings. The van der Waals surface area contributed by atoms with Crippen molar-refractivity contribution in [1.29, 1.82) is 0 Å². The van der Waals surface area contributed by atoms with Gasteiger partial charge in [-0.05, 0) is 42.0 Å². The molecule has 0 aliphatic carbocycles. The molecule has 0 bridgehead atoms. The lowest BCUT2D eigenvalue weighted by molar-refractivity contribution is -0.116. The Labute approximate surface area is 154 Å². The van der Waals surface area contributed by atoms with Gasteiger partial charge in [-0.1, -0.05) is 55.5 Å². The lowest BCUT2D eigenvalue weighted by Crippen LogP contribution is -2.23. The molecule has 3 heteroatoms. The highest BCUT2D eigenvalue weighted by Gasteiger charge is 2.27. The van der Waals surface area contributed by atoms with Gasteiger partial charge >= 0.3 is 0 Å². The fraction of sp³-hybridized carbons (Fsp3) is 0.261. The van der Waals surface area contributed by atoms with Crippen LogP contribution in [0.1, 0.15) is 43.7 Å². The fourth-order valence-corrected chi connectivity index (χ4v) is 3.60. The first-order valence-electron chi connectivity index (χ1n) is 9.24. The van der Waals surface area contributed by atoms with E-state index in [9.17, 15) is 4.79 Å². The van der Waals surface area contributed by atoms with Crippen molar-refractivity contribution in [3.63, 3.8) is 0 Å². The molecule has 1 N–H and O–H groups in total. The van der Waals surface area contributed by atoms with Crippen LogP contribution in [-0.2, 0) is 4.79 Å². The second kappa shape index (κ2) is 6.83. The molecule has 0 saturated heterocycles. The van der Waals surface area contributed by atoms with Crippen LogP contribution in [0.4, 0.5) is 5.69 Å². The molecule has 1 heterocycles. The summed E-state index contributed by atoms with van der Waals surface area (Å²) in [7, 11) is 0. The number of ether oxygens (including phenoxy) is 1. The van der Waals surface area contributed by atoms with E-state index in [0.717, 1.165) is 34.2 Å². The molecule has 4 rings (SSSR count). The van der Waals surface area contributed by atoms with Gasteiger partial charge in [0.25, 0.3) is 0 Å². The van der Waals surface area contributed by atoms with Crippen molar-refractivity contribution in [3.05, 3.63) is 71.8 Å². The summed E-state index contributed by atoms with van der Waals surface area (Å²) in [4.78, 5) is 12.4. The van der Waals surface area contributed by atoms with Gasteiger partial charge in [0.05, 0.1) is 11.8 Å². The summed E-state index contributed by atoms with van der Waals surface area (Å²) in [6.45, 7) is 4.18. The normalized spacial score (nSPS) is 17.5. The number of carbonyl (C=O) groups is 1. The molecule has 0 spiro atoms. The summed E-state index contributed by atoms with van der Waals surface area (Å²) in [5, 5.41) is 5.32. The standard InChI is InChI=1S/C23H23NO2/c1-3-15(2)26-18-11-8-17(9-12-18)21-14-22(25)24-23-19-7-5-4-6-16(19)10-13-20(21)23/h4-13,15,21H,3,14H2,1-2H3,(H,24,25). The molecule has 0 fully saturated rings. The summed E-state index contributed by atoms with van der Waals surface area (Å²) >= 11 is 0. The number of amides is 1. The van der Waals surface area contributed by atoms with Crippen LogP contribution in [0.2, 0.25) is 0 Å². The van der Waals surface area contributed by atoms with Crippen LogP contribution in [0.5, 0.6) is 5.75 Å². The summed E-state index contributed by atoms with van der Waals surface area (Å²) in [6, 6.07) is 20.6. The molecule has 0 aromatic heterocycles. The lowest BCUT2D eigenvalue weighted by Gasteiger charge is -2.27. The summed E-state index contributed by atoms with van der Waals surface area (Å²) in [6.07, 6.45) is 1.65. The molecule has 2 atom stereocenters. The van der Waals surface area contributed by atoms with Crippen LogP contribution in [0, 0.1) is 0 Å². The minimum absolute atomic E-state index is 0.0683. The van der Waals surface area contributed by atoms with Gasteiger partial charge in [0.15, 0.2) is 0 Å². The molecule has 0 radical (unpaired) electrons. The molecule has 0 saturated carbocycles. The predicted molar refractivity (Wildman–Crippen MR) is 106 cm³/mol. The predicted octanol–water partition coefficient (Wildman–Crippen LogP) is 5.49. The van der Waals surface area contributed by atoms with Crippen molar-refractivity contribution < 1.29 is 9.53 Å². The van der Waals surface area contributed by atoms with Crippen LogP contribution in [0.25, 0.3) is 10.8 Å². The smallest absolute Gasteiger partial charge is 0.225 e. The Bertz CT molecular complexity index is 946. The number of fused-ring (bicyclic) bond motifs is 3. The van der Waals surface area contributed by atoms with Gasteiger partial charge in [0, 0.05) is 17.7 Å². The highest BCUT2D eigenvalue weighted by molar-refractivity contribution is 6.06. The SMILES string of the molecule is CCC(C)Oc1ccc(C2CC(=O)Nc3c2ccc2ccccc32)cc1. The number of nitrogens with one attached hydrogen (secondary N) is 1. The lowest BCUT2D eigenvalue weighted by atomic mass is 9.83. The van der Waals surface area contributed by atoms with Crippen molar-refractivity contribution in [1.82, 2.24) is 0 Å². The molecular formula is C23H23NO2. The highest BCUT2D eigenvalue weighted by Crippen LogP contribution is 2.41. The van der Waals surface area contributed by atoms with Crippen molar-refractivity contribution in [2.75, 3.05) is 5.32 Å². The Balaban J connectivity index is 1.72. The van der Waals surface area contributed by atoms with Crippen LogP contribution in [0.15, 0.2) is 60.7 Å². The summed E-state index contributed by atoms with van der Waals surface area (Å²) < 4.78 is 5.87. The number of hydrogen-bond donors (Lipinski definition) is 1. The Kier molecular flexibility index (Phi) is 4.37. The van der Waals surface area contributed by atoms with Crippen LogP contribution < -0.4 is 10.1 Å². The fourth-order valence-electron chi connectivity index (χ4n) is 3.60. The van der Waals surface area contributed by atoms with Crippen molar-refractivity contribution >= 4 is 22.4 Å². The van der Waals surface area contributed by atoms with E-state index >= 15 is 0 Å². The molecule has 3 aromatic carbocycles. The van der Waals surface area contributed by atoms with E-state index in [-0.39, 0.29) is 17.9 Å². The van der Waals surface area contributed by atoms with Crippen molar-refractivity contribution in [3.8, 4) is 5.75 Å². The van der Waals surface area contributed by atoms with Gasteiger partial charge in [0.2, 0.25) is 5.91 Å². The van der Waals surface area contributed by atoms with Gasteiger partial charge in [-0.2, -0.15) is 0 Å².